The second-order valence-corrected chi connectivity index (χ2v) is 5.51. The van der Waals surface area contributed by atoms with Gasteiger partial charge in [0.1, 0.15) is 5.82 Å². The van der Waals surface area contributed by atoms with Gasteiger partial charge in [-0.2, -0.15) is 5.10 Å². The largest absolute Gasteiger partial charge is 0.476 e. The molecule has 3 rings (SSSR count). The molecule has 1 aliphatic carbocycles. The predicted octanol–water partition coefficient (Wildman–Crippen LogP) is 3.47. The summed E-state index contributed by atoms with van der Waals surface area (Å²) in [6.45, 7) is 1.43. The fourth-order valence-corrected chi connectivity index (χ4v) is 2.70. The van der Waals surface area contributed by atoms with E-state index in [9.17, 15) is 18.0 Å². The molecule has 1 fully saturated rings. The molecule has 7 heteroatoms. The van der Waals surface area contributed by atoms with Crippen molar-refractivity contribution in [1.29, 1.82) is 0 Å². The van der Waals surface area contributed by atoms with Crippen LogP contribution in [0.3, 0.4) is 0 Å². The van der Waals surface area contributed by atoms with Gasteiger partial charge in [0.25, 0.3) is 5.92 Å². The molecule has 1 aromatic heterocycles. The zero-order valence-electron chi connectivity index (χ0n) is 11.6. The zero-order chi connectivity index (χ0) is 16.1. The summed E-state index contributed by atoms with van der Waals surface area (Å²) in [6.07, 6.45) is -0.347. The van der Waals surface area contributed by atoms with Crippen LogP contribution in [-0.2, 0) is 0 Å². The summed E-state index contributed by atoms with van der Waals surface area (Å²) in [6, 6.07) is 6.58. The van der Waals surface area contributed by atoms with E-state index in [4.69, 9.17) is 5.11 Å². The minimum absolute atomic E-state index is 0.221. The second kappa shape index (κ2) is 4.86. The van der Waals surface area contributed by atoms with Gasteiger partial charge in [-0.05, 0) is 30.3 Å². The van der Waals surface area contributed by atoms with Gasteiger partial charge in [0.15, 0.2) is 5.69 Å². The molecular formula is C15H13F3N2O2. The lowest BCUT2D eigenvalue weighted by Crippen LogP contribution is -2.44. The number of rotatable bonds is 3. The molecule has 1 saturated carbocycles. The first-order valence-electron chi connectivity index (χ1n) is 6.76. The lowest BCUT2D eigenvalue weighted by molar-refractivity contribution is -0.141. The van der Waals surface area contributed by atoms with Crippen molar-refractivity contribution in [3.63, 3.8) is 0 Å². The van der Waals surface area contributed by atoms with Gasteiger partial charge in [0.05, 0.1) is 5.69 Å². The normalized spacial score (nSPS) is 23.1. The monoisotopic (exact) mass is 310 g/mol. The van der Waals surface area contributed by atoms with Crippen LogP contribution in [0.5, 0.6) is 0 Å². The summed E-state index contributed by atoms with van der Waals surface area (Å²) in [4.78, 5) is 11.1. The minimum Gasteiger partial charge on any atom is -0.476 e. The third-order valence-corrected chi connectivity index (χ3v) is 4.17. The van der Waals surface area contributed by atoms with E-state index in [-0.39, 0.29) is 12.1 Å². The molecule has 22 heavy (non-hydrogen) atoms. The van der Waals surface area contributed by atoms with Crippen LogP contribution in [0.1, 0.15) is 35.4 Å². The number of alkyl halides is 2. The van der Waals surface area contributed by atoms with Crippen molar-refractivity contribution in [3.8, 4) is 5.69 Å². The topological polar surface area (TPSA) is 55.1 Å². The standard InChI is InChI=1S/C15H13F3N2O2/c1-8-11(7-15(8,17)18)13-6-12(14(21)22)19-20(13)10-4-2-9(16)3-5-10/h2-6,8,11H,7H2,1H3,(H,21,22)/t8-,11+/m0/s1. The molecule has 0 unspecified atom stereocenters. The minimum atomic E-state index is -2.76. The first-order chi connectivity index (χ1) is 10.3. The summed E-state index contributed by atoms with van der Waals surface area (Å²) in [5.41, 5.74) is 0.621. The van der Waals surface area contributed by atoms with Crippen LogP contribution in [0, 0.1) is 11.7 Å². The van der Waals surface area contributed by atoms with Crippen LogP contribution < -0.4 is 0 Å². The van der Waals surface area contributed by atoms with Crippen molar-refractivity contribution in [1.82, 2.24) is 9.78 Å². The Morgan fingerprint density at radius 3 is 2.50 bits per heavy atom. The van der Waals surface area contributed by atoms with Crippen LogP contribution in [0.4, 0.5) is 13.2 Å². The Kier molecular flexibility index (Phi) is 3.23. The Hall–Kier alpha value is -2.31. The molecule has 2 atom stereocenters. The van der Waals surface area contributed by atoms with Crippen LogP contribution in [0.15, 0.2) is 30.3 Å². The molecule has 0 radical (unpaired) electrons. The van der Waals surface area contributed by atoms with Crippen molar-refractivity contribution in [2.75, 3.05) is 0 Å². The lowest BCUT2D eigenvalue weighted by atomic mass is 9.69. The van der Waals surface area contributed by atoms with E-state index in [1.165, 1.54) is 41.9 Å². The Morgan fingerprint density at radius 1 is 1.36 bits per heavy atom. The van der Waals surface area contributed by atoms with E-state index >= 15 is 0 Å². The molecule has 2 aromatic rings. The van der Waals surface area contributed by atoms with Crippen molar-refractivity contribution < 1.29 is 23.1 Å². The van der Waals surface area contributed by atoms with E-state index in [1.54, 1.807) is 0 Å². The number of aromatic carboxylic acids is 1. The molecule has 1 heterocycles. The quantitative estimate of drug-likeness (QED) is 0.944. The van der Waals surface area contributed by atoms with Gasteiger partial charge in [0, 0.05) is 24.0 Å². The summed E-state index contributed by atoms with van der Waals surface area (Å²) in [5.74, 6) is -5.82. The Labute approximate surface area is 124 Å². The molecule has 0 spiro atoms. The third kappa shape index (κ3) is 2.26. The summed E-state index contributed by atoms with van der Waals surface area (Å²) in [5, 5.41) is 13.0. The maximum absolute atomic E-state index is 13.4. The highest BCUT2D eigenvalue weighted by Crippen LogP contribution is 2.53. The number of carboxylic acid groups (broad SMARTS) is 1. The molecular weight excluding hydrogens is 297 g/mol. The molecule has 1 aliphatic rings. The van der Waals surface area contributed by atoms with Crippen molar-refractivity contribution in [2.24, 2.45) is 5.92 Å². The molecule has 116 valence electrons. The Balaban J connectivity index is 2.05. The average molecular weight is 310 g/mol. The maximum Gasteiger partial charge on any atom is 0.356 e. The predicted molar refractivity (Wildman–Crippen MR) is 72.0 cm³/mol. The SMILES string of the molecule is C[C@H]1[C@H](c2cc(C(=O)O)nn2-c2ccc(F)cc2)CC1(F)F. The molecule has 1 N–H and O–H groups in total. The summed E-state index contributed by atoms with van der Waals surface area (Å²) < 4.78 is 41.2. The van der Waals surface area contributed by atoms with E-state index in [1.807, 2.05) is 0 Å². The fraction of sp³-hybridized carbons (Fsp3) is 0.333. The van der Waals surface area contributed by atoms with Crippen LogP contribution in [-0.4, -0.2) is 26.8 Å². The van der Waals surface area contributed by atoms with Gasteiger partial charge in [0.2, 0.25) is 0 Å². The first kappa shape index (κ1) is 14.6. The smallest absolute Gasteiger partial charge is 0.356 e. The number of aromatic nitrogens is 2. The Bertz CT molecular complexity index is 725. The van der Waals surface area contributed by atoms with Gasteiger partial charge >= 0.3 is 5.97 Å². The second-order valence-electron chi connectivity index (χ2n) is 5.51. The molecule has 0 amide bonds. The number of halogens is 3. The van der Waals surface area contributed by atoms with Crippen LogP contribution in [0.2, 0.25) is 0 Å². The summed E-state index contributed by atoms with van der Waals surface area (Å²) >= 11 is 0. The first-order valence-corrected chi connectivity index (χ1v) is 6.76. The van der Waals surface area contributed by atoms with Crippen LogP contribution in [0.25, 0.3) is 5.69 Å². The number of carboxylic acids is 1. The van der Waals surface area contributed by atoms with E-state index in [0.29, 0.717) is 11.4 Å². The lowest BCUT2D eigenvalue weighted by Gasteiger charge is -2.42. The molecule has 0 bridgehead atoms. The van der Waals surface area contributed by atoms with Crippen molar-refractivity contribution in [3.05, 3.63) is 47.5 Å². The summed E-state index contributed by atoms with van der Waals surface area (Å²) in [7, 11) is 0. The number of carbonyl (C=O) groups is 1. The zero-order valence-corrected chi connectivity index (χ0v) is 11.6. The van der Waals surface area contributed by atoms with Crippen LogP contribution >= 0.6 is 0 Å². The maximum atomic E-state index is 13.4. The van der Waals surface area contributed by atoms with E-state index in [0.717, 1.165) is 0 Å². The number of nitrogens with zero attached hydrogens (tertiary/aromatic N) is 2. The van der Waals surface area contributed by atoms with Gasteiger partial charge in [-0.1, -0.05) is 6.92 Å². The number of benzene rings is 1. The fourth-order valence-electron chi connectivity index (χ4n) is 2.70. The average Bonchev–Trinajstić information content (AvgIpc) is 2.90. The number of hydrogen-bond donors (Lipinski definition) is 1. The molecule has 0 aliphatic heterocycles. The van der Waals surface area contributed by atoms with Gasteiger partial charge < -0.3 is 5.11 Å². The van der Waals surface area contributed by atoms with Crippen molar-refractivity contribution in [2.45, 2.75) is 25.2 Å². The Morgan fingerprint density at radius 2 is 2.00 bits per heavy atom. The van der Waals surface area contributed by atoms with Crippen molar-refractivity contribution >= 4 is 5.97 Å². The van der Waals surface area contributed by atoms with Gasteiger partial charge in [-0.3, -0.25) is 0 Å². The third-order valence-electron chi connectivity index (χ3n) is 4.17. The van der Waals surface area contributed by atoms with E-state index in [2.05, 4.69) is 5.10 Å². The van der Waals surface area contributed by atoms with E-state index < -0.39 is 29.5 Å². The molecule has 1 aromatic carbocycles. The molecule has 0 saturated heterocycles. The molecule has 4 nitrogen and oxygen atoms in total. The van der Waals surface area contributed by atoms with Gasteiger partial charge in [-0.15, -0.1) is 0 Å². The highest BCUT2D eigenvalue weighted by atomic mass is 19.3. The highest BCUT2D eigenvalue weighted by Gasteiger charge is 2.54. The van der Waals surface area contributed by atoms with Gasteiger partial charge in [-0.25, -0.2) is 22.6 Å². The number of hydrogen-bond acceptors (Lipinski definition) is 2. The highest BCUT2D eigenvalue weighted by molar-refractivity contribution is 5.85.